The Bertz CT molecular complexity index is 347. The Morgan fingerprint density at radius 3 is 2.24 bits per heavy atom. The van der Waals surface area contributed by atoms with E-state index in [-0.39, 0.29) is 0 Å². The third-order valence-corrected chi connectivity index (χ3v) is 2.92. The van der Waals surface area contributed by atoms with Crippen LogP contribution in [0.1, 0.15) is 19.4 Å². The number of rotatable bonds is 5. The zero-order chi connectivity index (χ0) is 12.7. The number of ether oxygens (including phenoxy) is 2. The Kier molecular flexibility index (Phi) is 5.77. The van der Waals surface area contributed by atoms with Gasteiger partial charge in [-0.1, -0.05) is 12.1 Å². The van der Waals surface area contributed by atoms with E-state index in [9.17, 15) is 0 Å². The molecule has 3 nitrogen and oxygen atoms in total. The van der Waals surface area contributed by atoms with Gasteiger partial charge in [-0.05, 0) is 43.8 Å². The van der Waals surface area contributed by atoms with Crippen LogP contribution in [0.5, 0.6) is 5.75 Å². The van der Waals surface area contributed by atoms with Gasteiger partial charge in [0.05, 0.1) is 7.11 Å². The summed E-state index contributed by atoms with van der Waals surface area (Å²) in [4.78, 5) is 2.01. The second-order valence-electron chi connectivity index (χ2n) is 3.57. The van der Waals surface area contributed by atoms with Gasteiger partial charge in [0, 0.05) is 13.1 Å². The van der Waals surface area contributed by atoms with Crippen molar-refractivity contribution in [1.29, 1.82) is 0 Å². The van der Waals surface area contributed by atoms with Gasteiger partial charge < -0.3 is 14.4 Å². The van der Waals surface area contributed by atoms with E-state index in [0.717, 1.165) is 24.4 Å². The van der Waals surface area contributed by atoms with Gasteiger partial charge in [0.15, 0.2) is 0 Å². The Labute approximate surface area is 108 Å². The molecule has 17 heavy (non-hydrogen) atoms. The van der Waals surface area contributed by atoms with Gasteiger partial charge in [0.1, 0.15) is 12.4 Å². The summed E-state index contributed by atoms with van der Waals surface area (Å²) in [6.07, 6.45) is 0. The fourth-order valence-corrected chi connectivity index (χ4v) is 1.76. The first-order chi connectivity index (χ1) is 8.21. The van der Waals surface area contributed by atoms with Gasteiger partial charge >= 0.3 is 0 Å². The third kappa shape index (κ3) is 4.23. The van der Waals surface area contributed by atoms with Crippen LogP contribution in [0.2, 0.25) is 0 Å². The molecule has 0 bridgehead atoms. The maximum Gasteiger partial charge on any atom is 0.259 e. The topological polar surface area (TPSA) is 21.7 Å². The molecule has 0 amide bonds. The molecule has 1 rings (SSSR count). The van der Waals surface area contributed by atoms with Gasteiger partial charge in [-0.2, -0.15) is 0 Å². The minimum atomic E-state index is 0.499. The first kappa shape index (κ1) is 13.8. The van der Waals surface area contributed by atoms with Crippen molar-refractivity contribution in [2.24, 2.45) is 0 Å². The van der Waals surface area contributed by atoms with Crippen molar-refractivity contribution in [3.8, 4) is 5.75 Å². The van der Waals surface area contributed by atoms with Crippen molar-refractivity contribution in [2.75, 3.05) is 20.2 Å². The highest BCUT2D eigenvalue weighted by molar-refractivity contribution is 7.80. The van der Waals surface area contributed by atoms with Crippen LogP contribution in [0.25, 0.3) is 0 Å². The van der Waals surface area contributed by atoms with Crippen molar-refractivity contribution in [3.05, 3.63) is 29.8 Å². The zero-order valence-electron chi connectivity index (χ0n) is 10.6. The number of nitrogens with zero attached hydrogens (tertiary/aromatic N) is 1. The first-order valence-corrected chi connectivity index (χ1v) is 6.16. The molecule has 0 unspecified atom stereocenters. The number of hydrogen-bond donors (Lipinski definition) is 0. The lowest BCUT2D eigenvalue weighted by atomic mass is 10.2. The first-order valence-electron chi connectivity index (χ1n) is 5.75. The Balaban J connectivity index is 2.46. The van der Waals surface area contributed by atoms with Crippen LogP contribution in [0.3, 0.4) is 0 Å². The molecule has 0 aliphatic carbocycles. The van der Waals surface area contributed by atoms with E-state index < -0.39 is 0 Å². The molecule has 0 heterocycles. The molecule has 0 saturated carbocycles. The molecule has 1 aromatic carbocycles. The summed E-state index contributed by atoms with van der Waals surface area (Å²) in [7, 11) is 1.65. The molecule has 0 atom stereocenters. The second-order valence-corrected chi connectivity index (χ2v) is 3.92. The summed E-state index contributed by atoms with van der Waals surface area (Å²) >= 11 is 5.20. The van der Waals surface area contributed by atoms with Crippen molar-refractivity contribution in [3.63, 3.8) is 0 Å². The summed E-state index contributed by atoms with van der Waals surface area (Å²) in [5.74, 6) is 0.847. The monoisotopic (exact) mass is 253 g/mol. The second kappa shape index (κ2) is 7.12. The van der Waals surface area contributed by atoms with E-state index in [4.69, 9.17) is 21.7 Å². The SMILES string of the molecule is CCN(CC)C(=S)OCc1ccc(OC)cc1. The summed E-state index contributed by atoms with van der Waals surface area (Å²) in [6, 6.07) is 7.78. The maximum absolute atomic E-state index is 5.56. The fraction of sp³-hybridized carbons (Fsp3) is 0.462. The van der Waals surface area contributed by atoms with E-state index in [1.54, 1.807) is 7.11 Å². The normalized spacial score (nSPS) is 9.82. The number of hydrogen-bond acceptors (Lipinski definition) is 3. The predicted octanol–water partition coefficient (Wildman–Crippen LogP) is 2.84. The van der Waals surface area contributed by atoms with Crippen LogP contribution < -0.4 is 4.74 Å². The molecule has 4 heteroatoms. The maximum atomic E-state index is 5.56. The molecule has 0 fully saturated rings. The smallest absolute Gasteiger partial charge is 0.259 e. The lowest BCUT2D eigenvalue weighted by Crippen LogP contribution is -2.30. The minimum absolute atomic E-state index is 0.499. The van der Waals surface area contributed by atoms with Crippen molar-refractivity contribution in [2.45, 2.75) is 20.5 Å². The summed E-state index contributed by atoms with van der Waals surface area (Å²) < 4.78 is 10.7. The largest absolute Gasteiger partial charge is 0.497 e. The van der Waals surface area contributed by atoms with Gasteiger partial charge in [-0.25, -0.2) is 0 Å². The Morgan fingerprint density at radius 1 is 1.18 bits per heavy atom. The fourth-order valence-electron chi connectivity index (χ4n) is 1.44. The molecule has 0 radical (unpaired) electrons. The molecule has 94 valence electrons. The Hall–Kier alpha value is -1.29. The summed E-state index contributed by atoms with van der Waals surface area (Å²) in [5, 5.41) is 0.561. The van der Waals surface area contributed by atoms with Crippen LogP contribution in [-0.4, -0.2) is 30.3 Å². The molecular weight excluding hydrogens is 234 g/mol. The summed E-state index contributed by atoms with van der Waals surface area (Å²) in [6.45, 7) is 6.37. The van der Waals surface area contributed by atoms with E-state index >= 15 is 0 Å². The van der Waals surface area contributed by atoms with Crippen molar-refractivity contribution in [1.82, 2.24) is 4.90 Å². The predicted molar refractivity (Wildman–Crippen MR) is 73.3 cm³/mol. The highest BCUT2D eigenvalue weighted by Gasteiger charge is 2.06. The summed E-state index contributed by atoms with van der Waals surface area (Å²) in [5.41, 5.74) is 1.08. The van der Waals surface area contributed by atoms with Crippen LogP contribution in [-0.2, 0) is 11.3 Å². The van der Waals surface area contributed by atoms with E-state index in [1.807, 2.05) is 29.2 Å². The molecule has 0 N–H and O–H groups in total. The van der Waals surface area contributed by atoms with E-state index in [0.29, 0.717) is 11.8 Å². The average Bonchev–Trinajstić information content (AvgIpc) is 2.38. The van der Waals surface area contributed by atoms with Gasteiger partial charge in [0.2, 0.25) is 0 Å². The molecular formula is C13H19NO2S. The average molecular weight is 253 g/mol. The molecule has 1 aromatic rings. The van der Waals surface area contributed by atoms with Crippen LogP contribution in [0.4, 0.5) is 0 Å². The number of thiocarbonyl (C=S) groups is 1. The van der Waals surface area contributed by atoms with Gasteiger partial charge in [-0.15, -0.1) is 0 Å². The molecule has 0 spiro atoms. The van der Waals surface area contributed by atoms with Crippen LogP contribution >= 0.6 is 12.2 Å². The van der Waals surface area contributed by atoms with Gasteiger partial charge in [-0.3, -0.25) is 0 Å². The molecule has 0 aliphatic heterocycles. The van der Waals surface area contributed by atoms with Crippen LogP contribution in [0.15, 0.2) is 24.3 Å². The third-order valence-electron chi connectivity index (χ3n) is 2.54. The highest BCUT2D eigenvalue weighted by atomic mass is 32.1. The zero-order valence-corrected chi connectivity index (χ0v) is 11.4. The standard InChI is InChI=1S/C13H19NO2S/c1-4-14(5-2)13(17)16-10-11-6-8-12(15-3)9-7-11/h6-9H,4-5,10H2,1-3H3. The minimum Gasteiger partial charge on any atom is -0.497 e. The lowest BCUT2D eigenvalue weighted by Gasteiger charge is -2.21. The van der Waals surface area contributed by atoms with Crippen molar-refractivity contribution >= 4 is 17.4 Å². The van der Waals surface area contributed by atoms with E-state index in [2.05, 4.69) is 13.8 Å². The van der Waals surface area contributed by atoms with Crippen LogP contribution in [0, 0.1) is 0 Å². The molecule has 0 saturated heterocycles. The number of methoxy groups -OCH3 is 1. The lowest BCUT2D eigenvalue weighted by molar-refractivity contribution is 0.238. The quantitative estimate of drug-likeness (QED) is 0.752. The highest BCUT2D eigenvalue weighted by Crippen LogP contribution is 2.12. The molecule has 0 aliphatic rings. The van der Waals surface area contributed by atoms with Gasteiger partial charge in [0.25, 0.3) is 5.17 Å². The van der Waals surface area contributed by atoms with E-state index in [1.165, 1.54) is 0 Å². The van der Waals surface area contributed by atoms with Crippen molar-refractivity contribution < 1.29 is 9.47 Å². The number of benzene rings is 1. The Morgan fingerprint density at radius 2 is 1.76 bits per heavy atom. The molecule has 0 aromatic heterocycles.